The second-order valence-electron chi connectivity index (χ2n) is 5.43. The highest BCUT2D eigenvalue weighted by Gasteiger charge is 2.14. The van der Waals surface area contributed by atoms with E-state index < -0.39 is 17.6 Å². The number of carbonyl (C=O) groups is 1. The third kappa shape index (κ3) is 4.76. The number of halogens is 2. The summed E-state index contributed by atoms with van der Waals surface area (Å²) in [5.41, 5.74) is 0.622. The summed E-state index contributed by atoms with van der Waals surface area (Å²) in [4.78, 5) is 12.1. The minimum atomic E-state index is -0.537. The van der Waals surface area contributed by atoms with Gasteiger partial charge in [0.2, 0.25) is 0 Å². The van der Waals surface area contributed by atoms with Crippen LogP contribution in [-0.4, -0.2) is 31.3 Å². The van der Waals surface area contributed by atoms with Crippen LogP contribution < -0.4 is 10.1 Å². The fraction of sp³-hybridized carbons (Fsp3) is 0.278. The normalized spacial score (nSPS) is 11.8. The van der Waals surface area contributed by atoms with Gasteiger partial charge in [-0.2, -0.15) is 0 Å². The third-order valence-electron chi connectivity index (χ3n) is 3.68. The number of hydrogen-bond donors (Lipinski definition) is 2. The lowest BCUT2D eigenvalue weighted by Crippen LogP contribution is -2.32. The molecule has 1 atom stereocenters. The Morgan fingerprint density at radius 3 is 2.54 bits per heavy atom. The summed E-state index contributed by atoms with van der Waals surface area (Å²) in [6, 6.07) is 9.76. The van der Waals surface area contributed by atoms with Crippen LogP contribution in [0.5, 0.6) is 5.75 Å². The van der Waals surface area contributed by atoms with E-state index in [4.69, 9.17) is 4.74 Å². The van der Waals surface area contributed by atoms with E-state index in [2.05, 4.69) is 5.32 Å². The number of amides is 1. The van der Waals surface area contributed by atoms with Crippen molar-refractivity contribution in [2.45, 2.75) is 6.42 Å². The molecule has 4 nitrogen and oxygen atoms in total. The van der Waals surface area contributed by atoms with Gasteiger partial charge in [0.1, 0.15) is 17.4 Å². The van der Waals surface area contributed by atoms with Crippen molar-refractivity contribution in [1.29, 1.82) is 0 Å². The Labute approximate surface area is 139 Å². The zero-order valence-electron chi connectivity index (χ0n) is 13.3. The molecule has 0 aliphatic carbocycles. The first-order valence-corrected chi connectivity index (χ1v) is 7.50. The highest BCUT2D eigenvalue weighted by Crippen LogP contribution is 2.15. The summed E-state index contributed by atoms with van der Waals surface area (Å²) in [7, 11) is 1.53. The Kier molecular flexibility index (Phi) is 6.26. The van der Waals surface area contributed by atoms with Crippen molar-refractivity contribution < 1.29 is 23.4 Å². The van der Waals surface area contributed by atoms with Crippen LogP contribution in [0.25, 0.3) is 0 Å². The first-order chi connectivity index (χ1) is 11.5. The first kappa shape index (κ1) is 17.9. The van der Waals surface area contributed by atoms with Gasteiger partial charge in [-0.3, -0.25) is 4.79 Å². The Balaban J connectivity index is 1.94. The van der Waals surface area contributed by atoms with E-state index >= 15 is 0 Å². The van der Waals surface area contributed by atoms with Gasteiger partial charge in [-0.1, -0.05) is 0 Å². The summed E-state index contributed by atoms with van der Waals surface area (Å²) >= 11 is 0. The molecular weight excluding hydrogens is 316 g/mol. The molecule has 0 spiro atoms. The zero-order valence-corrected chi connectivity index (χ0v) is 13.3. The van der Waals surface area contributed by atoms with Crippen molar-refractivity contribution in [2.75, 3.05) is 20.3 Å². The van der Waals surface area contributed by atoms with Gasteiger partial charge in [0, 0.05) is 24.6 Å². The lowest BCUT2D eigenvalue weighted by atomic mass is 9.99. The number of ether oxygens (including phenoxy) is 1. The summed E-state index contributed by atoms with van der Waals surface area (Å²) < 4.78 is 31.9. The molecule has 0 fully saturated rings. The highest BCUT2D eigenvalue weighted by molar-refractivity contribution is 5.94. The quantitative estimate of drug-likeness (QED) is 0.818. The molecule has 2 aromatic rings. The topological polar surface area (TPSA) is 58.6 Å². The lowest BCUT2D eigenvalue weighted by Gasteiger charge is -2.16. The molecule has 2 N–H and O–H groups in total. The van der Waals surface area contributed by atoms with Crippen LogP contribution in [-0.2, 0) is 6.42 Å². The maximum absolute atomic E-state index is 13.7. The van der Waals surface area contributed by atoms with E-state index in [-0.39, 0.29) is 31.0 Å². The fourth-order valence-corrected chi connectivity index (χ4v) is 2.29. The summed E-state index contributed by atoms with van der Waals surface area (Å²) in [5, 5.41) is 12.1. The van der Waals surface area contributed by atoms with Gasteiger partial charge in [0.25, 0.3) is 5.91 Å². The van der Waals surface area contributed by atoms with Crippen molar-refractivity contribution in [3.05, 3.63) is 65.2 Å². The van der Waals surface area contributed by atoms with E-state index in [0.717, 1.165) is 18.2 Å². The minimum absolute atomic E-state index is 0.128. The Bertz CT molecular complexity index is 689. The smallest absolute Gasteiger partial charge is 0.251 e. The maximum Gasteiger partial charge on any atom is 0.251 e. The Morgan fingerprint density at radius 1 is 1.21 bits per heavy atom. The van der Waals surface area contributed by atoms with E-state index in [1.165, 1.54) is 7.11 Å². The van der Waals surface area contributed by atoms with Crippen molar-refractivity contribution in [3.63, 3.8) is 0 Å². The van der Waals surface area contributed by atoms with Crippen molar-refractivity contribution in [2.24, 2.45) is 5.92 Å². The molecule has 2 rings (SSSR count). The minimum Gasteiger partial charge on any atom is -0.497 e. The predicted octanol–water partition coefficient (Wildman–Crippen LogP) is 2.55. The molecule has 0 saturated heterocycles. The van der Waals surface area contributed by atoms with Gasteiger partial charge >= 0.3 is 0 Å². The van der Waals surface area contributed by atoms with E-state index in [0.29, 0.717) is 11.3 Å². The van der Waals surface area contributed by atoms with Crippen LogP contribution in [0.2, 0.25) is 0 Å². The van der Waals surface area contributed by atoms with Gasteiger partial charge in [0.15, 0.2) is 0 Å². The number of benzene rings is 2. The number of aliphatic hydroxyl groups is 1. The molecule has 2 aromatic carbocycles. The zero-order chi connectivity index (χ0) is 17.5. The number of nitrogens with one attached hydrogen (secondary N) is 1. The predicted molar refractivity (Wildman–Crippen MR) is 86.0 cm³/mol. The fourth-order valence-electron chi connectivity index (χ4n) is 2.29. The molecule has 0 aliphatic rings. The highest BCUT2D eigenvalue weighted by atomic mass is 19.1. The molecule has 1 amide bonds. The average Bonchev–Trinajstić information content (AvgIpc) is 2.61. The second-order valence-corrected chi connectivity index (χ2v) is 5.43. The van der Waals surface area contributed by atoms with Crippen molar-refractivity contribution in [1.82, 2.24) is 5.32 Å². The van der Waals surface area contributed by atoms with Gasteiger partial charge < -0.3 is 15.2 Å². The Morgan fingerprint density at radius 2 is 1.92 bits per heavy atom. The monoisotopic (exact) mass is 335 g/mol. The van der Waals surface area contributed by atoms with Gasteiger partial charge in [-0.05, 0) is 54.4 Å². The second kappa shape index (κ2) is 8.40. The number of aliphatic hydroxyl groups excluding tert-OH is 1. The lowest BCUT2D eigenvalue weighted by molar-refractivity contribution is 0.0940. The van der Waals surface area contributed by atoms with Gasteiger partial charge in [-0.15, -0.1) is 0 Å². The molecule has 0 unspecified atom stereocenters. The van der Waals surface area contributed by atoms with Crippen LogP contribution in [0.3, 0.4) is 0 Å². The molecule has 6 heteroatoms. The van der Waals surface area contributed by atoms with Crippen LogP contribution in [0.4, 0.5) is 8.78 Å². The van der Waals surface area contributed by atoms with Crippen LogP contribution in [0, 0.1) is 17.6 Å². The Hall–Kier alpha value is -2.47. The van der Waals surface area contributed by atoms with Crippen molar-refractivity contribution >= 4 is 5.91 Å². The van der Waals surface area contributed by atoms with E-state index in [1.54, 1.807) is 24.3 Å². The van der Waals surface area contributed by atoms with Crippen LogP contribution in [0.15, 0.2) is 42.5 Å². The van der Waals surface area contributed by atoms with Crippen molar-refractivity contribution in [3.8, 4) is 5.75 Å². The standard InChI is InChI=1S/C18H19F2NO3/c1-24-16-5-2-13(3-6-16)18(23)21-10-12(11-22)8-14-9-15(19)4-7-17(14)20/h2-7,9,12,22H,8,10-11H2,1H3,(H,21,23)/t12-/m1/s1. The number of rotatable bonds is 7. The summed E-state index contributed by atoms with van der Waals surface area (Å²) in [5.74, 6) is -1.15. The molecule has 24 heavy (non-hydrogen) atoms. The van der Waals surface area contributed by atoms with Crippen LogP contribution >= 0.6 is 0 Å². The molecule has 0 bridgehead atoms. The maximum atomic E-state index is 13.7. The van der Waals surface area contributed by atoms with E-state index in [1.807, 2.05) is 0 Å². The molecule has 0 radical (unpaired) electrons. The molecule has 128 valence electrons. The largest absolute Gasteiger partial charge is 0.497 e. The number of carbonyl (C=O) groups excluding carboxylic acids is 1. The van der Waals surface area contributed by atoms with Gasteiger partial charge in [-0.25, -0.2) is 8.78 Å². The molecule has 0 heterocycles. The number of hydrogen-bond acceptors (Lipinski definition) is 3. The SMILES string of the molecule is COc1ccc(C(=O)NC[C@H](CO)Cc2cc(F)ccc2F)cc1. The number of methoxy groups -OCH3 is 1. The average molecular weight is 335 g/mol. The molecule has 0 aliphatic heterocycles. The van der Waals surface area contributed by atoms with Gasteiger partial charge in [0.05, 0.1) is 7.11 Å². The summed E-state index contributed by atoms with van der Waals surface area (Å²) in [6.45, 7) is -0.101. The molecule has 0 saturated carbocycles. The first-order valence-electron chi connectivity index (χ1n) is 7.50. The molecular formula is C18H19F2NO3. The summed E-state index contributed by atoms with van der Waals surface area (Å²) in [6.07, 6.45) is 0.128. The van der Waals surface area contributed by atoms with Crippen LogP contribution in [0.1, 0.15) is 15.9 Å². The van der Waals surface area contributed by atoms with E-state index in [9.17, 15) is 18.7 Å². The third-order valence-corrected chi connectivity index (χ3v) is 3.68. The molecule has 0 aromatic heterocycles.